The predicted molar refractivity (Wildman–Crippen MR) is 55.6 cm³/mol. The molecule has 7 nitrogen and oxygen atoms in total. The number of hydrogen-bond donors (Lipinski definition) is 2. The summed E-state index contributed by atoms with van der Waals surface area (Å²) in [6.07, 6.45) is -5.44. The van der Waals surface area contributed by atoms with E-state index in [1.807, 2.05) is 0 Å². The molecule has 0 atom stereocenters. The molecule has 0 saturated heterocycles. The first-order chi connectivity index (χ1) is 8.68. The van der Waals surface area contributed by atoms with E-state index in [-0.39, 0.29) is 18.4 Å². The van der Waals surface area contributed by atoms with Crippen LogP contribution in [0.1, 0.15) is 19.3 Å². The largest absolute Gasteiger partial charge is 0.452 e. The Kier molecular flexibility index (Phi) is 4.57. The van der Waals surface area contributed by atoms with E-state index < -0.39 is 24.1 Å². The Balaban J connectivity index is 2.26. The molecule has 1 rings (SSSR count). The molecule has 1 amide bonds. The van der Waals surface area contributed by atoms with Crippen molar-refractivity contribution >= 4 is 17.9 Å². The molecule has 0 spiro atoms. The number of nitrogens with two attached hydrogens (primary N) is 2. The van der Waals surface area contributed by atoms with Gasteiger partial charge in [-0.15, -0.1) is 0 Å². The summed E-state index contributed by atoms with van der Waals surface area (Å²) in [4.78, 5) is 25.5. The van der Waals surface area contributed by atoms with Crippen molar-refractivity contribution in [2.45, 2.75) is 31.5 Å². The van der Waals surface area contributed by atoms with Crippen LogP contribution in [0.3, 0.4) is 0 Å². The minimum atomic E-state index is -4.84. The molecule has 0 aromatic rings. The first kappa shape index (κ1) is 15.1. The molecule has 1 aliphatic rings. The average Bonchev–Trinajstić information content (AvgIpc) is 2.20. The van der Waals surface area contributed by atoms with Gasteiger partial charge in [-0.3, -0.25) is 0 Å². The number of halogens is 3. The Morgan fingerprint density at radius 1 is 1.26 bits per heavy atom. The van der Waals surface area contributed by atoms with Crippen molar-refractivity contribution in [2.75, 3.05) is 0 Å². The Morgan fingerprint density at radius 3 is 2.32 bits per heavy atom. The quantitative estimate of drug-likeness (QED) is 0.339. The normalized spacial score (nSPS) is 23.4. The van der Waals surface area contributed by atoms with Gasteiger partial charge >= 0.3 is 18.2 Å². The number of amidine groups is 1. The molecular formula is C9H12F3N3O4. The third kappa shape index (κ3) is 5.02. The SMILES string of the molecule is NC(=O)OC1CC(CC(=O)ON=C(N)C(F)(F)F)C1. The van der Waals surface area contributed by atoms with Crippen molar-refractivity contribution in [1.82, 2.24) is 0 Å². The number of carbonyl (C=O) groups excluding carboxylic acids is 2. The second-order valence-corrected chi connectivity index (χ2v) is 4.04. The van der Waals surface area contributed by atoms with Gasteiger partial charge in [0, 0.05) is 0 Å². The molecule has 4 N–H and O–H groups in total. The van der Waals surface area contributed by atoms with Crippen LogP contribution in [0.4, 0.5) is 18.0 Å². The van der Waals surface area contributed by atoms with E-state index in [4.69, 9.17) is 5.73 Å². The summed E-state index contributed by atoms with van der Waals surface area (Å²) in [5, 5.41) is 2.49. The second-order valence-electron chi connectivity index (χ2n) is 4.04. The zero-order chi connectivity index (χ0) is 14.6. The molecule has 1 saturated carbocycles. The van der Waals surface area contributed by atoms with E-state index in [9.17, 15) is 22.8 Å². The number of rotatable bonds is 4. The number of alkyl halides is 3. The highest BCUT2D eigenvalue weighted by Crippen LogP contribution is 2.32. The van der Waals surface area contributed by atoms with Crippen LogP contribution in [-0.4, -0.2) is 30.2 Å². The van der Waals surface area contributed by atoms with E-state index >= 15 is 0 Å². The first-order valence-corrected chi connectivity index (χ1v) is 5.25. The molecule has 10 heteroatoms. The lowest BCUT2D eigenvalue weighted by molar-refractivity contribution is -0.147. The fourth-order valence-electron chi connectivity index (χ4n) is 1.53. The van der Waals surface area contributed by atoms with Gasteiger partial charge in [-0.05, 0) is 18.8 Å². The molecule has 0 aromatic carbocycles. The molecule has 0 aromatic heterocycles. The molecule has 108 valence electrons. The van der Waals surface area contributed by atoms with Crippen molar-refractivity contribution in [3.8, 4) is 0 Å². The van der Waals surface area contributed by atoms with E-state index in [0.717, 1.165) is 0 Å². The van der Waals surface area contributed by atoms with E-state index in [2.05, 4.69) is 20.5 Å². The number of amides is 1. The zero-order valence-corrected chi connectivity index (χ0v) is 9.64. The smallest absolute Gasteiger partial charge is 0.446 e. The van der Waals surface area contributed by atoms with Crippen LogP contribution < -0.4 is 11.5 Å². The summed E-state index contributed by atoms with van der Waals surface area (Å²) in [7, 11) is 0. The fraction of sp³-hybridized carbons (Fsp3) is 0.667. The third-order valence-corrected chi connectivity index (χ3v) is 2.47. The summed E-state index contributed by atoms with van der Waals surface area (Å²) in [6.45, 7) is 0. The van der Waals surface area contributed by atoms with Gasteiger partial charge in [-0.25, -0.2) is 9.59 Å². The van der Waals surface area contributed by atoms with Gasteiger partial charge in [0.15, 0.2) is 0 Å². The van der Waals surface area contributed by atoms with Crippen molar-refractivity contribution in [2.24, 2.45) is 22.5 Å². The minimum absolute atomic E-state index is 0.132. The lowest BCUT2D eigenvalue weighted by Crippen LogP contribution is -2.36. The van der Waals surface area contributed by atoms with Crippen molar-refractivity contribution in [3.05, 3.63) is 0 Å². The molecule has 0 radical (unpaired) electrons. The lowest BCUT2D eigenvalue weighted by atomic mass is 9.80. The lowest BCUT2D eigenvalue weighted by Gasteiger charge is -2.33. The number of nitrogens with zero attached hydrogens (tertiary/aromatic N) is 1. The van der Waals surface area contributed by atoms with Gasteiger partial charge < -0.3 is 21.0 Å². The Hall–Kier alpha value is -2.00. The Bertz CT molecular complexity index is 391. The highest BCUT2D eigenvalue weighted by atomic mass is 19.4. The number of carbonyl (C=O) groups is 2. The maximum Gasteiger partial charge on any atom is 0.452 e. The number of hydrogen-bond acceptors (Lipinski definition) is 5. The van der Waals surface area contributed by atoms with Gasteiger partial charge in [0.1, 0.15) is 6.10 Å². The van der Waals surface area contributed by atoms with Crippen molar-refractivity contribution in [3.63, 3.8) is 0 Å². The number of oxime groups is 1. The van der Waals surface area contributed by atoms with Crippen LogP contribution in [0.2, 0.25) is 0 Å². The summed E-state index contributed by atoms with van der Waals surface area (Å²) in [6, 6.07) is 0. The standard InChI is InChI=1S/C9H12F3N3O4/c10-9(11,12)7(13)15-19-6(16)3-4-1-5(2-4)18-8(14)17/h4-5H,1-3H2,(H2,13,15)(H2,14,17). The monoisotopic (exact) mass is 283 g/mol. The molecular weight excluding hydrogens is 271 g/mol. The Labute approximate surface area is 105 Å². The van der Waals surface area contributed by atoms with E-state index in [1.165, 1.54) is 0 Å². The Morgan fingerprint density at radius 2 is 1.84 bits per heavy atom. The molecule has 0 bridgehead atoms. The average molecular weight is 283 g/mol. The molecule has 19 heavy (non-hydrogen) atoms. The predicted octanol–water partition coefficient (Wildman–Crippen LogP) is 0.628. The van der Waals surface area contributed by atoms with Crippen LogP contribution in [0.25, 0.3) is 0 Å². The summed E-state index contributed by atoms with van der Waals surface area (Å²) >= 11 is 0. The maximum absolute atomic E-state index is 11.9. The molecule has 1 aliphatic carbocycles. The van der Waals surface area contributed by atoms with Gasteiger partial charge in [-0.1, -0.05) is 5.16 Å². The summed E-state index contributed by atoms with van der Waals surface area (Å²) < 4.78 is 40.3. The van der Waals surface area contributed by atoms with Gasteiger partial charge in [0.25, 0.3) is 0 Å². The van der Waals surface area contributed by atoms with Crippen molar-refractivity contribution in [1.29, 1.82) is 0 Å². The first-order valence-electron chi connectivity index (χ1n) is 5.25. The van der Waals surface area contributed by atoms with E-state index in [1.54, 1.807) is 0 Å². The second kappa shape index (κ2) is 5.76. The number of ether oxygens (including phenoxy) is 1. The van der Waals surface area contributed by atoms with Crippen LogP contribution in [0.15, 0.2) is 5.16 Å². The van der Waals surface area contributed by atoms with Crippen LogP contribution in [-0.2, 0) is 14.4 Å². The molecule has 0 heterocycles. The van der Waals surface area contributed by atoms with Crippen LogP contribution in [0, 0.1) is 5.92 Å². The molecule has 0 aliphatic heterocycles. The maximum atomic E-state index is 11.9. The van der Waals surface area contributed by atoms with Crippen molar-refractivity contribution < 1.29 is 32.3 Å². The number of primary amides is 1. The van der Waals surface area contributed by atoms with Crippen LogP contribution >= 0.6 is 0 Å². The van der Waals surface area contributed by atoms with Gasteiger partial charge in [0.05, 0.1) is 6.42 Å². The summed E-state index contributed by atoms with van der Waals surface area (Å²) in [5.41, 5.74) is 9.31. The van der Waals surface area contributed by atoms with Gasteiger partial charge in [0.2, 0.25) is 5.84 Å². The summed E-state index contributed by atoms with van der Waals surface area (Å²) in [5.74, 6) is -2.81. The fourth-order valence-corrected chi connectivity index (χ4v) is 1.53. The third-order valence-electron chi connectivity index (χ3n) is 2.47. The zero-order valence-electron chi connectivity index (χ0n) is 9.64. The topological polar surface area (TPSA) is 117 Å². The van der Waals surface area contributed by atoms with Gasteiger partial charge in [-0.2, -0.15) is 13.2 Å². The van der Waals surface area contributed by atoms with E-state index in [0.29, 0.717) is 12.8 Å². The highest BCUT2D eigenvalue weighted by Gasteiger charge is 2.36. The molecule has 1 fully saturated rings. The van der Waals surface area contributed by atoms with Crippen LogP contribution in [0.5, 0.6) is 0 Å². The molecule has 0 unspecified atom stereocenters. The minimum Gasteiger partial charge on any atom is -0.446 e. The highest BCUT2D eigenvalue weighted by molar-refractivity contribution is 5.86.